The summed E-state index contributed by atoms with van der Waals surface area (Å²) in [5.41, 5.74) is 0. The smallest absolute Gasteiger partial charge is 0.306 e. The molecule has 6 heteroatoms. The molecule has 0 aromatic rings. The Morgan fingerprint density at radius 1 is 0.259 bits per heavy atom. The van der Waals surface area contributed by atoms with Crippen LogP contribution in [0.4, 0.5) is 0 Å². The fraction of sp³-hybridized carbons (Fsp3) is 0.640. The maximum absolute atomic E-state index is 12.9. The minimum absolute atomic E-state index is 0.105. The van der Waals surface area contributed by atoms with E-state index in [1.165, 1.54) is 122 Å². The first kappa shape index (κ1) is 76.3. The largest absolute Gasteiger partial charge is 0.462 e. The summed E-state index contributed by atoms with van der Waals surface area (Å²) in [5.74, 6) is -0.972. The zero-order chi connectivity index (χ0) is 58.5. The summed E-state index contributed by atoms with van der Waals surface area (Å²) in [6.45, 7) is 6.36. The molecular formula is C75H122O6. The highest BCUT2D eigenvalue weighted by Gasteiger charge is 2.19. The summed E-state index contributed by atoms with van der Waals surface area (Å²) in [6, 6.07) is 0. The number of esters is 3. The van der Waals surface area contributed by atoms with Crippen LogP contribution in [0, 0.1) is 0 Å². The molecule has 0 N–H and O–H groups in total. The molecule has 0 saturated heterocycles. The van der Waals surface area contributed by atoms with Crippen molar-refractivity contribution in [1.29, 1.82) is 0 Å². The maximum atomic E-state index is 12.9. The van der Waals surface area contributed by atoms with Crippen LogP contribution >= 0.6 is 0 Å². The van der Waals surface area contributed by atoms with Gasteiger partial charge in [-0.2, -0.15) is 0 Å². The third-order valence-electron chi connectivity index (χ3n) is 13.8. The molecule has 6 nitrogen and oxygen atoms in total. The van der Waals surface area contributed by atoms with Crippen LogP contribution in [0.25, 0.3) is 0 Å². The highest BCUT2D eigenvalue weighted by molar-refractivity contribution is 5.71. The van der Waals surface area contributed by atoms with Crippen molar-refractivity contribution in [1.82, 2.24) is 0 Å². The minimum Gasteiger partial charge on any atom is -0.462 e. The van der Waals surface area contributed by atoms with Gasteiger partial charge in [-0.15, -0.1) is 0 Å². The number of rotatable bonds is 59. The third-order valence-corrected chi connectivity index (χ3v) is 13.8. The van der Waals surface area contributed by atoms with E-state index in [1.807, 2.05) is 0 Å². The SMILES string of the molecule is CC/C=C\C/C=C\C/C=C\C/C=C\C/C=C\C/C=C\CCCCCCCCCCC(=O)OCC(COC(=O)CCC/C=C\C/C=C\C/C=C\C/C=C\C/C=C\CC)OC(=O)CCCCCCCCCCC/C=C\CCCCCCCC. The van der Waals surface area contributed by atoms with Crippen LogP contribution in [0.2, 0.25) is 0 Å². The molecule has 0 aromatic heterocycles. The fourth-order valence-electron chi connectivity index (χ4n) is 8.89. The molecule has 1 unspecified atom stereocenters. The number of carbonyl (C=O) groups is 3. The molecule has 0 fully saturated rings. The van der Waals surface area contributed by atoms with Crippen molar-refractivity contribution < 1.29 is 28.6 Å². The molecule has 0 bridgehead atoms. The van der Waals surface area contributed by atoms with Crippen molar-refractivity contribution in [3.63, 3.8) is 0 Å². The van der Waals surface area contributed by atoms with Gasteiger partial charge < -0.3 is 14.2 Å². The monoisotopic (exact) mass is 1120 g/mol. The molecule has 0 aliphatic carbocycles. The Labute approximate surface area is 499 Å². The molecule has 0 heterocycles. The van der Waals surface area contributed by atoms with Crippen LogP contribution in [-0.4, -0.2) is 37.2 Å². The Morgan fingerprint density at radius 2 is 0.494 bits per heavy atom. The van der Waals surface area contributed by atoms with Crippen molar-refractivity contribution in [2.75, 3.05) is 13.2 Å². The minimum atomic E-state index is -0.813. The normalized spacial score (nSPS) is 13.1. The molecule has 0 amide bonds. The van der Waals surface area contributed by atoms with Gasteiger partial charge >= 0.3 is 17.9 Å². The summed E-state index contributed by atoms with van der Waals surface area (Å²) in [5, 5.41) is 0. The van der Waals surface area contributed by atoms with Crippen LogP contribution < -0.4 is 0 Å². The van der Waals surface area contributed by atoms with Crippen LogP contribution in [0.1, 0.15) is 290 Å². The first-order valence-electron chi connectivity index (χ1n) is 33.3. The molecular weight excluding hydrogens is 997 g/mol. The van der Waals surface area contributed by atoms with Crippen molar-refractivity contribution in [2.45, 2.75) is 297 Å². The van der Waals surface area contributed by atoms with Gasteiger partial charge in [0.2, 0.25) is 0 Å². The third kappa shape index (κ3) is 66.0. The van der Waals surface area contributed by atoms with Gasteiger partial charge in [-0.25, -0.2) is 0 Å². The summed E-state index contributed by atoms with van der Waals surface area (Å²) >= 11 is 0. The summed E-state index contributed by atoms with van der Waals surface area (Å²) in [4.78, 5) is 38.4. The summed E-state index contributed by atoms with van der Waals surface area (Å²) < 4.78 is 16.9. The first-order valence-corrected chi connectivity index (χ1v) is 33.3. The number of carbonyl (C=O) groups excluding carboxylic acids is 3. The van der Waals surface area contributed by atoms with Gasteiger partial charge in [0.05, 0.1) is 0 Å². The Morgan fingerprint density at radius 3 is 0.815 bits per heavy atom. The maximum Gasteiger partial charge on any atom is 0.306 e. The molecule has 458 valence electrons. The molecule has 0 aliphatic heterocycles. The van der Waals surface area contributed by atoms with E-state index in [2.05, 4.69) is 167 Å². The van der Waals surface area contributed by atoms with E-state index >= 15 is 0 Å². The lowest BCUT2D eigenvalue weighted by Crippen LogP contribution is -2.30. The Hall–Kier alpha value is -4.71. The van der Waals surface area contributed by atoms with Gasteiger partial charge in [0.1, 0.15) is 13.2 Å². The van der Waals surface area contributed by atoms with Crippen molar-refractivity contribution >= 4 is 17.9 Å². The molecule has 0 radical (unpaired) electrons. The predicted molar refractivity (Wildman–Crippen MR) is 352 cm³/mol. The van der Waals surface area contributed by atoms with E-state index in [0.717, 1.165) is 122 Å². The second-order valence-electron chi connectivity index (χ2n) is 21.6. The molecule has 0 spiro atoms. The molecule has 0 rings (SSSR count). The number of unbranched alkanes of at least 4 members (excludes halogenated alkanes) is 24. The van der Waals surface area contributed by atoms with Gasteiger partial charge in [0.15, 0.2) is 6.10 Å². The van der Waals surface area contributed by atoms with E-state index < -0.39 is 6.10 Å². The van der Waals surface area contributed by atoms with Crippen molar-refractivity contribution in [3.05, 3.63) is 146 Å². The Bertz CT molecular complexity index is 1760. The van der Waals surface area contributed by atoms with Gasteiger partial charge in [-0.1, -0.05) is 282 Å². The first-order chi connectivity index (χ1) is 40.0. The van der Waals surface area contributed by atoms with E-state index in [9.17, 15) is 14.4 Å². The number of hydrogen-bond donors (Lipinski definition) is 0. The van der Waals surface area contributed by atoms with Crippen LogP contribution in [0.5, 0.6) is 0 Å². The predicted octanol–water partition coefficient (Wildman–Crippen LogP) is 23.1. The average molecular weight is 1120 g/mol. The van der Waals surface area contributed by atoms with Crippen LogP contribution in [-0.2, 0) is 28.6 Å². The van der Waals surface area contributed by atoms with Crippen LogP contribution in [0.3, 0.4) is 0 Å². The van der Waals surface area contributed by atoms with Gasteiger partial charge in [0, 0.05) is 19.3 Å². The number of hydrogen-bond acceptors (Lipinski definition) is 6. The lowest BCUT2D eigenvalue weighted by Gasteiger charge is -2.18. The highest BCUT2D eigenvalue weighted by Crippen LogP contribution is 2.15. The van der Waals surface area contributed by atoms with Crippen LogP contribution in [0.15, 0.2) is 146 Å². The lowest BCUT2D eigenvalue weighted by atomic mass is 10.1. The van der Waals surface area contributed by atoms with Gasteiger partial charge in [-0.05, 0) is 135 Å². The zero-order valence-corrected chi connectivity index (χ0v) is 52.5. The van der Waals surface area contributed by atoms with Gasteiger partial charge in [0.25, 0.3) is 0 Å². The lowest BCUT2D eigenvalue weighted by molar-refractivity contribution is -0.167. The summed E-state index contributed by atoms with van der Waals surface area (Å²) in [7, 11) is 0. The van der Waals surface area contributed by atoms with E-state index in [1.54, 1.807) is 0 Å². The highest BCUT2D eigenvalue weighted by atomic mass is 16.6. The average Bonchev–Trinajstić information content (AvgIpc) is 3.47. The topological polar surface area (TPSA) is 78.9 Å². The molecule has 0 saturated carbocycles. The van der Waals surface area contributed by atoms with E-state index in [0.29, 0.717) is 19.3 Å². The molecule has 0 aromatic carbocycles. The van der Waals surface area contributed by atoms with Crippen molar-refractivity contribution in [3.8, 4) is 0 Å². The zero-order valence-electron chi connectivity index (χ0n) is 52.5. The molecule has 0 aliphatic rings. The van der Waals surface area contributed by atoms with E-state index in [4.69, 9.17) is 14.2 Å². The Balaban J connectivity index is 4.45. The molecule has 81 heavy (non-hydrogen) atoms. The quantitative estimate of drug-likeness (QED) is 0.0261. The van der Waals surface area contributed by atoms with E-state index in [-0.39, 0.29) is 37.5 Å². The second-order valence-corrected chi connectivity index (χ2v) is 21.6. The summed E-state index contributed by atoms with van der Waals surface area (Å²) in [6.07, 6.45) is 97.2. The number of ether oxygens (including phenoxy) is 3. The second kappa shape index (κ2) is 67.8. The molecule has 1 atom stereocenters. The Kier molecular flexibility index (Phi) is 63.9. The van der Waals surface area contributed by atoms with Crippen molar-refractivity contribution in [2.24, 2.45) is 0 Å². The van der Waals surface area contributed by atoms with Gasteiger partial charge in [-0.3, -0.25) is 14.4 Å². The number of allylic oxidation sites excluding steroid dienone is 24. The fourth-order valence-corrected chi connectivity index (χ4v) is 8.89. The standard InChI is InChI=1S/C75H122O6/c1-4-7-10-13-16-19-22-25-28-31-33-34-35-36-37-38-39-40-42-44-47-50-53-56-59-62-65-68-74(77)80-71-72(70-79-73(76)67-64-61-58-55-52-49-46-43-30-27-24-21-18-15-12-9-6-3)81-75(78)69-66-63-60-57-54-51-48-45-41-32-29-26-23-20-17-14-11-8-5-2/h7,9-10,12,16,18-19,21,25-30,33-34,36-37,39-40,46,49,55,58,72H,4-6,8,11,13-15,17,20,22-24,31-32,35,38,41-45,47-48,50-54,56-57,59-71H2,1-3H3/b10-7-,12-9-,19-16-,21-18-,28-25-,29-26-,30-27-,34-33-,37-36-,40-39-,49-46-,58-55-.